The maximum atomic E-state index is 12.6. The molecule has 0 saturated heterocycles. The van der Waals surface area contributed by atoms with E-state index in [1.165, 1.54) is 0 Å². The van der Waals surface area contributed by atoms with Crippen LogP contribution in [0.15, 0.2) is 54.6 Å². The monoisotopic (exact) mass is 258 g/mol. The van der Waals surface area contributed by atoms with E-state index in [2.05, 4.69) is 0 Å². The predicted octanol–water partition coefficient (Wildman–Crippen LogP) is 3.86. The van der Waals surface area contributed by atoms with E-state index in [0.717, 1.165) is 33.7 Å². The summed E-state index contributed by atoms with van der Waals surface area (Å²) in [5.41, 5.74) is 3.85. The van der Waals surface area contributed by atoms with Crippen LogP contribution < -0.4 is 0 Å². The molecule has 0 radical (unpaired) electrons. The summed E-state index contributed by atoms with van der Waals surface area (Å²) in [4.78, 5) is 23.9. The number of hydrogen-bond donors (Lipinski definition) is 0. The molecule has 0 atom stereocenters. The van der Waals surface area contributed by atoms with Gasteiger partial charge in [-0.1, -0.05) is 48.5 Å². The van der Waals surface area contributed by atoms with Crippen molar-refractivity contribution in [3.8, 4) is 11.1 Å². The molecule has 4 rings (SSSR count). The Morgan fingerprint density at radius 3 is 2.15 bits per heavy atom. The highest BCUT2D eigenvalue weighted by Gasteiger charge is 2.28. The van der Waals surface area contributed by atoms with Crippen LogP contribution in [-0.4, -0.2) is 12.1 Å². The summed E-state index contributed by atoms with van der Waals surface area (Å²) < 4.78 is 0. The third-order valence-corrected chi connectivity index (χ3v) is 3.89. The van der Waals surface area contributed by atoms with Crippen molar-refractivity contribution < 1.29 is 9.59 Å². The molecule has 0 unspecified atom stereocenters. The van der Waals surface area contributed by atoms with Crippen molar-refractivity contribution in [2.75, 3.05) is 0 Å². The topological polar surface area (TPSA) is 34.1 Å². The van der Waals surface area contributed by atoms with E-state index >= 15 is 0 Å². The number of carbonyl (C=O) groups excluding carboxylic acids is 2. The van der Waals surface area contributed by atoms with Crippen molar-refractivity contribution >= 4 is 22.8 Å². The van der Waals surface area contributed by atoms with Gasteiger partial charge in [0.1, 0.15) is 0 Å². The molecule has 2 nitrogen and oxygen atoms in total. The highest BCUT2D eigenvalue weighted by atomic mass is 16.1. The maximum absolute atomic E-state index is 12.6. The molecular weight excluding hydrogens is 248 g/mol. The van der Waals surface area contributed by atoms with Gasteiger partial charge in [-0.15, -0.1) is 0 Å². The Balaban J connectivity index is 2.22. The molecule has 2 heteroatoms. The van der Waals surface area contributed by atoms with E-state index in [9.17, 15) is 9.59 Å². The fourth-order valence-electron chi connectivity index (χ4n) is 3.01. The van der Waals surface area contributed by atoms with Crippen molar-refractivity contribution in [1.29, 1.82) is 0 Å². The van der Waals surface area contributed by atoms with Crippen molar-refractivity contribution in [2.24, 2.45) is 0 Å². The molecule has 0 heterocycles. The number of benzene rings is 3. The molecule has 0 saturated carbocycles. The highest BCUT2D eigenvalue weighted by Crippen LogP contribution is 2.41. The summed E-state index contributed by atoms with van der Waals surface area (Å²) in [7, 11) is 0. The Hall–Kier alpha value is -2.74. The number of hydrogen-bond acceptors (Lipinski definition) is 2. The molecule has 1 aliphatic carbocycles. The summed E-state index contributed by atoms with van der Waals surface area (Å²) in [5.74, 6) is 0.0456. The minimum Gasteiger partial charge on any atom is -0.298 e. The molecular formula is C18H10O2. The molecule has 0 amide bonds. The van der Waals surface area contributed by atoms with Crippen LogP contribution >= 0.6 is 0 Å². The molecule has 0 N–H and O–H groups in total. The van der Waals surface area contributed by atoms with Gasteiger partial charge < -0.3 is 0 Å². The second kappa shape index (κ2) is 3.87. The van der Waals surface area contributed by atoms with Crippen molar-refractivity contribution in [3.63, 3.8) is 0 Å². The number of carbonyl (C=O) groups is 2. The minimum absolute atomic E-state index is 0.0456. The fraction of sp³-hybridized carbons (Fsp3) is 0. The Bertz CT molecular complexity index is 891. The largest absolute Gasteiger partial charge is 0.298 e. The van der Waals surface area contributed by atoms with Gasteiger partial charge in [-0.2, -0.15) is 0 Å². The molecule has 1 aliphatic rings. The zero-order valence-electron chi connectivity index (χ0n) is 10.6. The lowest BCUT2D eigenvalue weighted by Crippen LogP contribution is -1.97. The molecule has 0 spiro atoms. The van der Waals surface area contributed by atoms with E-state index in [1.54, 1.807) is 0 Å². The van der Waals surface area contributed by atoms with E-state index in [1.807, 2.05) is 54.6 Å². The molecule has 94 valence electrons. The van der Waals surface area contributed by atoms with Crippen LogP contribution in [-0.2, 0) is 0 Å². The molecule has 0 aromatic heterocycles. The minimum atomic E-state index is 0.0456. The van der Waals surface area contributed by atoms with Gasteiger partial charge in [0.25, 0.3) is 0 Å². The molecule has 3 aromatic carbocycles. The number of fused-ring (bicyclic) bond motifs is 5. The molecule has 20 heavy (non-hydrogen) atoms. The maximum Gasteiger partial charge on any atom is 0.194 e. The van der Waals surface area contributed by atoms with Gasteiger partial charge in [-0.25, -0.2) is 0 Å². The first kappa shape index (κ1) is 11.1. The molecule has 3 aromatic rings. The SMILES string of the molecule is O=Cc1cc2c(c3ccccc13)C(=O)c1ccccc1-2. The standard InChI is InChI=1S/C18H10O2/c19-10-11-9-16-13-6-2-4-8-15(13)18(20)17(16)14-7-3-1-5-12(11)14/h1-10H. The summed E-state index contributed by atoms with van der Waals surface area (Å²) in [6.45, 7) is 0. The first-order valence-corrected chi connectivity index (χ1v) is 6.46. The Kier molecular flexibility index (Phi) is 2.15. The van der Waals surface area contributed by atoms with E-state index in [0.29, 0.717) is 11.1 Å². The predicted molar refractivity (Wildman–Crippen MR) is 78.2 cm³/mol. The molecule has 0 bridgehead atoms. The Labute approximate surface area is 115 Å². The van der Waals surface area contributed by atoms with Crippen LogP contribution in [0.25, 0.3) is 21.9 Å². The zero-order valence-corrected chi connectivity index (χ0v) is 10.6. The van der Waals surface area contributed by atoms with Crippen molar-refractivity contribution in [1.82, 2.24) is 0 Å². The van der Waals surface area contributed by atoms with Gasteiger partial charge in [0, 0.05) is 16.7 Å². The quantitative estimate of drug-likeness (QED) is 0.486. The number of aldehydes is 1. The third kappa shape index (κ3) is 1.28. The van der Waals surface area contributed by atoms with Gasteiger partial charge in [-0.05, 0) is 28.0 Å². The summed E-state index contributed by atoms with van der Waals surface area (Å²) in [6.07, 6.45) is 0.855. The van der Waals surface area contributed by atoms with Crippen LogP contribution in [0.2, 0.25) is 0 Å². The van der Waals surface area contributed by atoms with E-state index < -0.39 is 0 Å². The molecule has 0 fully saturated rings. The van der Waals surface area contributed by atoms with Gasteiger partial charge >= 0.3 is 0 Å². The first-order valence-electron chi connectivity index (χ1n) is 6.46. The third-order valence-electron chi connectivity index (χ3n) is 3.89. The smallest absolute Gasteiger partial charge is 0.194 e. The number of ketones is 1. The fourth-order valence-corrected chi connectivity index (χ4v) is 3.01. The summed E-state index contributed by atoms with van der Waals surface area (Å²) in [6, 6.07) is 17.0. The van der Waals surface area contributed by atoms with Crippen LogP contribution in [0.5, 0.6) is 0 Å². The first-order chi connectivity index (χ1) is 9.81. The van der Waals surface area contributed by atoms with Gasteiger partial charge in [0.2, 0.25) is 0 Å². The lowest BCUT2D eigenvalue weighted by Gasteiger charge is -2.07. The molecule has 0 aliphatic heterocycles. The lowest BCUT2D eigenvalue weighted by atomic mass is 9.95. The van der Waals surface area contributed by atoms with Crippen LogP contribution in [0.4, 0.5) is 0 Å². The van der Waals surface area contributed by atoms with Crippen LogP contribution in [0.1, 0.15) is 26.3 Å². The summed E-state index contributed by atoms with van der Waals surface area (Å²) in [5, 5.41) is 1.69. The average molecular weight is 258 g/mol. The second-order valence-corrected chi connectivity index (χ2v) is 4.93. The normalized spacial score (nSPS) is 12.3. The Morgan fingerprint density at radius 1 is 0.750 bits per heavy atom. The number of rotatable bonds is 1. The summed E-state index contributed by atoms with van der Waals surface area (Å²) >= 11 is 0. The Morgan fingerprint density at radius 2 is 1.40 bits per heavy atom. The van der Waals surface area contributed by atoms with Crippen LogP contribution in [0, 0.1) is 0 Å². The van der Waals surface area contributed by atoms with Crippen molar-refractivity contribution in [2.45, 2.75) is 0 Å². The average Bonchev–Trinajstić information content (AvgIpc) is 2.80. The zero-order chi connectivity index (χ0) is 13.7. The second-order valence-electron chi connectivity index (χ2n) is 4.93. The van der Waals surface area contributed by atoms with Gasteiger partial charge in [0.15, 0.2) is 12.1 Å². The van der Waals surface area contributed by atoms with Crippen molar-refractivity contribution in [3.05, 3.63) is 71.3 Å². The van der Waals surface area contributed by atoms with Gasteiger partial charge in [-0.3, -0.25) is 9.59 Å². The van der Waals surface area contributed by atoms with E-state index in [4.69, 9.17) is 0 Å². The van der Waals surface area contributed by atoms with Crippen LogP contribution in [0.3, 0.4) is 0 Å². The van der Waals surface area contributed by atoms with E-state index in [-0.39, 0.29) is 5.78 Å². The highest BCUT2D eigenvalue weighted by molar-refractivity contribution is 6.28. The van der Waals surface area contributed by atoms with Gasteiger partial charge in [0.05, 0.1) is 0 Å². The lowest BCUT2D eigenvalue weighted by molar-refractivity contribution is 0.104.